The van der Waals surface area contributed by atoms with Gasteiger partial charge in [-0.05, 0) is 24.1 Å². The maximum atomic E-state index is 5.57. The van der Waals surface area contributed by atoms with E-state index in [1.165, 1.54) is 16.5 Å². The van der Waals surface area contributed by atoms with Gasteiger partial charge in [0.05, 0.1) is 12.9 Å². The van der Waals surface area contributed by atoms with Crippen LogP contribution in [0.25, 0.3) is 11.0 Å². The Morgan fingerprint density at radius 3 is 2.71 bits per heavy atom. The number of hydrogen-bond donors (Lipinski definition) is 1. The summed E-state index contributed by atoms with van der Waals surface area (Å²) >= 11 is 0. The zero-order valence-corrected chi connectivity index (χ0v) is 12.1. The predicted octanol–water partition coefficient (Wildman–Crippen LogP) is 4.23. The lowest BCUT2D eigenvalue weighted by Crippen LogP contribution is -2.04. The fourth-order valence-electron chi connectivity index (χ4n) is 2.48. The topological polar surface area (TPSA) is 34.4 Å². The fourth-order valence-corrected chi connectivity index (χ4v) is 2.48. The molecule has 3 nitrogen and oxygen atoms in total. The highest BCUT2D eigenvalue weighted by Crippen LogP contribution is 2.23. The van der Waals surface area contributed by atoms with Crippen LogP contribution in [0, 0.1) is 0 Å². The second kappa shape index (κ2) is 6.46. The van der Waals surface area contributed by atoms with Gasteiger partial charge in [0, 0.05) is 30.3 Å². The van der Waals surface area contributed by atoms with Crippen molar-refractivity contribution < 1.29 is 9.15 Å². The molecule has 0 unspecified atom stereocenters. The summed E-state index contributed by atoms with van der Waals surface area (Å²) in [5.74, 6) is 0. The molecular formula is C18H19NO2. The van der Waals surface area contributed by atoms with E-state index in [1.54, 1.807) is 7.11 Å². The Morgan fingerprint density at radius 1 is 1.00 bits per heavy atom. The van der Waals surface area contributed by atoms with Crippen LogP contribution < -0.4 is 5.32 Å². The summed E-state index contributed by atoms with van der Waals surface area (Å²) in [5, 5.41) is 4.67. The minimum atomic E-state index is 0.729. The molecular weight excluding hydrogens is 262 g/mol. The number of benzene rings is 2. The molecule has 0 radical (unpaired) electrons. The van der Waals surface area contributed by atoms with Crippen molar-refractivity contribution in [2.75, 3.05) is 19.0 Å². The maximum absolute atomic E-state index is 5.57. The van der Waals surface area contributed by atoms with E-state index in [4.69, 9.17) is 9.15 Å². The Bertz CT molecular complexity index is 718. The van der Waals surface area contributed by atoms with E-state index in [1.807, 2.05) is 30.5 Å². The predicted molar refractivity (Wildman–Crippen MR) is 85.6 cm³/mol. The second-order valence-electron chi connectivity index (χ2n) is 5.01. The van der Waals surface area contributed by atoms with Crippen molar-refractivity contribution in [3.8, 4) is 0 Å². The van der Waals surface area contributed by atoms with Gasteiger partial charge in [0.15, 0.2) is 0 Å². The molecule has 0 fully saturated rings. The number of rotatable bonds is 6. The Kier molecular flexibility index (Phi) is 4.22. The van der Waals surface area contributed by atoms with Gasteiger partial charge in [0.2, 0.25) is 0 Å². The Morgan fingerprint density at radius 2 is 1.81 bits per heavy atom. The summed E-state index contributed by atoms with van der Waals surface area (Å²) in [4.78, 5) is 0. The average Bonchev–Trinajstić information content (AvgIpc) is 2.95. The highest BCUT2D eigenvalue weighted by molar-refractivity contribution is 5.81. The minimum absolute atomic E-state index is 0.729. The largest absolute Gasteiger partial charge is 0.464 e. The third-order valence-electron chi connectivity index (χ3n) is 3.62. The molecule has 1 heterocycles. The Hall–Kier alpha value is -2.26. The van der Waals surface area contributed by atoms with E-state index in [0.717, 1.165) is 30.8 Å². The van der Waals surface area contributed by atoms with Gasteiger partial charge in [0.1, 0.15) is 5.58 Å². The first kappa shape index (κ1) is 13.7. The van der Waals surface area contributed by atoms with Crippen LogP contribution in [-0.2, 0) is 17.7 Å². The summed E-state index contributed by atoms with van der Waals surface area (Å²) in [6.45, 7) is 1.48. The molecule has 0 atom stereocenters. The van der Waals surface area contributed by atoms with Crippen LogP contribution >= 0.6 is 0 Å². The third kappa shape index (κ3) is 3.09. The molecule has 1 N–H and O–H groups in total. The van der Waals surface area contributed by atoms with Gasteiger partial charge in [-0.1, -0.05) is 36.4 Å². The van der Waals surface area contributed by atoms with Gasteiger partial charge >= 0.3 is 0 Å². The van der Waals surface area contributed by atoms with E-state index >= 15 is 0 Å². The number of methoxy groups -OCH3 is 1. The van der Waals surface area contributed by atoms with Crippen molar-refractivity contribution in [3.05, 3.63) is 65.9 Å². The smallest absolute Gasteiger partial charge is 0.134 e. The molecule has 0 spiro atoms. The quantitative estimate of drug-likeness (QED) is 0.734. The van der Waals surface area contributed by atoms with Crippen molar-refractivity contribution >= 4 is 16.7 Å². The normalized spacial score (nSPS) is 10.9. The van der Waals surface area contributed by atoms with Crippen LogP contribution in [0.2, 0.25) is 0 Å². The number of para-hydroxylation sites is 2. The Balaban J connectivity index is 1.75. The van der Waals surface area contributed by atoms with Crippen LogP contribution in [0.4, 0.5) is 5.69 Å². The number of anilines is 1. The lowest BCUT2D eigenvalue weighted by Gasteiger charge is -2.11. The van der Waals surface area contributed by atoms with Crippen molar-refractivity contribution in [3.63, 3.8) is 0 Å². The monoisotopic (exact) mass is 281 g/mol. The van der Waals surface area contributed by atoms with Crippen molar-refractivity contribution in [2.45, 2.75) is 13.0 Å². The van der Waals surface area contributed by atoms with Crippen molar-refractivity contribution in [1.82, 2.24) is 0 Å². The van der Waals surface area contributed by atoms with Crippen LogP contribution in [0.3, 0.4) is 0 Å². The first-order valence-electron chi connectivity index (χ1n) is 7.14. The standard InChI is InChI=1S/C18H19NO2/c1-20-11-10-14-6-2-4-8-17(14)19-12-15-13-21-18-9-5-3-7-16(15)18/h2-9,13,19H,10-12H2,1H3. The van der Waals surface area contributed by atoms with Gasteiger partial charge < -0.3 is 14.5 Å². The number of ether oxygens (including phenoxy) is 1. The number of hydrogen-bond acceptors (Lipinski definition) is 3. The summed E-state index contributed by atoms with van der Waals surface area (Å²) in [7, 11) is 1.73. The molecule has 108 valence electrons. The van der Waals surface area contributed by atoms with E-state index in [2.05, 4.69) is 29.6 Å². The van der Waals surface area contributed by atoms with Gasteiger partial charge in [-0.25, -0.2) is 0 Å². The van der Waals surface area contributed by atoms with Gasteiger partial charge in [0.25, 0.3) is 0 Å². The lowest BCUT2D eigenvalue weighted by molar-refractivity contribution is 0.202. The third-order valence-corrected chi connectivity index (χ3v) is 3.62. The highest BCUT2D eigenvalue weighted by Gasteiger charge is 2.06. The summed E-state index contributed by atoms with van der Waals surface area (Å²) in [6.07, 6.45) is 2.74. The van der Waals surface area contributed by atoms with E-state index in [-0.39, 0.29) is 0 Å². The van der Waals surface area contributed by atoms with E-state index in [0.29, 0.717) is 0 Å². The van der Waals surface area contributed by atoms with Crippen molar-refractivity contribution in [1.29, 1.82) is 0 Å². The van der Waals surface area contributed by atoms with Crippen LogP contribution in [0.5, 0.6) is 0 Å². The first-order chi connectivity index (χ1) is 10.4. The molecule has 0 aliphatic heterocycles. The van der Waals surface area contributed by atoms with E-state index in [9.17, 15) is 0 Å². The van der Waals surface area contributed by atoms with Gasteiger partial charge in [-0.3, -0.25) is 0 Å². The molecule has 3 aromatic rings. The maximum Gasteiger partial charge on any atom is 0.134 e. The minimum Gasteiger partial charge on any atom is -0.464 e. The Labute approximate surface area is 124 Å². The molecule has 21 heavy (non-hydrogen) atoms. The average molecular weight is 281 g/mol. The van der Waals surface area contributed by atoms with Crippen LogP contribution in [0.15, 0.2) is 59.2 Å². The molecule has 2 aromatic carbocycles. The molecule has 0 amide bonds. The highest BCUT2D eigenvalue weighted by atomic mass is 16.5. The molecule has 0 bridgehead atoms. The first-order valence-corrected chi connectivity index (χ1v) is 7.14. The molecule has 0 saturated carbocycles. The van der Waals surface area contributed by atoms with Crippen molar-refractivity contribution in [2.24, 2.45) is 0 Å². The summed E-state index contributed by atoms with van der Waals surface area (Å²) in [6, 6.07) is 16.5. The molecule has 3 rings (SSSR count). The fraction of sp³-hybridized carbons (Fsp3) is 0.222. The van der Waals surface area contributed by atoms with Crippen LogP contribution in [0.1, 0.15) is 11.1 Å². The summed E-state index contributed by atoms with van der Waals surface area (Å²) in [5.41, 5.74) is 4.53. The van der Waals surface area contributed by atoms with Crippen LogP contribution in [-0.4, -0.2) is 13.7 Å². The van der Waals surface area contributed by atoms with Gasteiger partial charge in [-0.2, -0.15) is 0 Å². The number of furan rings is 1. The summed E-state index contributed by atoms with van der Waals surface area (Å²) < 4.78 is 10.7. The molecule has 3 heteroatoms. The SMILES string of the molecule is COCCc1ccccc1NCc1coc2ccccc12. The zero-order chi connectivity index (χ0) is 14.5. The second-order valence-corrected chi connectivity index (χ2v) is 5.01. The zero-order valence-electron chi connectivity index (χ0n) is 12.1. The number of nitrogens with one attached hydrogen (secondary N) is 1. The molecule has 1 aromatic heterocycles. The molecule has 0 aliphatic carbocycles. The molecule has 0 aliphatic rings. The lowest BCUT2D eigenvalue weighted by atomic mass is 10.1. The van der Waals surface area contributed by atoms with E-state index < -0.39 is 0 Å². The van der Waals surface area contributed by atoms with Gasteiger partial charge in [-0.15, -0.1) is 0 Å². The molecule has 0 saturated heterocycles. The number of fused-ring (bicyclic) bond motifs is 1.